The molecule has 0 unspecified atom stereocenters. The fraction of sp³-hybridized carbons (Fsp3) is 0.429. The van der Waals surface area contributed by atoms with Crippen molar-refractivity contribution in [3.63, 3.8) is 0 Å². The van der Waals surface area contributed by atoms with Crippen LogP contribution in [-0.4, -0.2) is 24.9 Å². The van der Waals surface area contributed by atoms with Gasteiger partial charge in [-0.05, 0) is 25.5 Å². The Hall–Kier alpha value is -1.84. The normalized spacial score (nSPS) is 9.89. The van der Waals surface area contributed by atoms with E-state index in [1.807, 2.05) is 44.2 Å². The van der Waals surface area contributed by atoms with E-state index < -0.39 is 0 Å². The highest BCUT2D eigenvalue weighted by Crippen LogP contribution is 2.13. The number of hydrogen-bond donors (Lipinski definition) is 1. The van der Waals surface area contributed by atoms with Crippen LogP contribution in [0, 0.1) is 0 Å². The van der Waals surface area contributed by atoms with Crippen molar-refractivity contribution >= 4 is 17.5 Å². The summed E-state index contributed by atoms with van der Waals surface area (Å²) in [5.41, 5.74) is 0.827. The van der Waals surface area contributed by atoms with E-state index in [1.165, 1.54) is 0 Å². The number of nitrogens with zero attached hydrogens (tertiary/aromatic N) is 1. The second-order valence-electron chi connectivity index (χ2n) is 4.00. The smallest absolute Gasteiger partial charge is 0.236 e. The van der Waals surface area contributed by atoms with Crippen molar-refractivity contribution in [2.24, 2.45) is 0 Å². The zero-order valence-electron chi connectivity index (χ0n) is 11.0. The molecule has 1 aromatic rings. The van der Waals surface area contributed by atoms with Crippen LogP contribution in [0.4, 0.5) is 5.69 Å². The van der Waals surface area contributed by atoms with Crippen molar-refractivity contribution in [2.45, 2.75) is 26.7 Å². The topological polar surface area (TPSA) is 49.4 Å². The number of para-hydroxylation sites is 1. The minimum Gasteiger partial charge on any atom is -0.356 e. The van der Waals surface area contributed by atoms with Gasteiger partial charge in [0.05, 0.1) is 0 Å². The highest BCUT2D eigenvalue weighted by Gasteiger charge is 2.16. The number of nitrogens with one attached hydrogen (secondary N) is 1. The number of amides is 2. The maximum atomic E-state index is 12.0. The molecule has 0 bridgehead atoms. The molecule has 0 spiro atoms. The largest absolute Gasteiger partial charge is 0.356 e. The van der Waals surface area contributed by atoms with Gasteiger partial charge in [0.2, 0.25) is 11.8 Å². The molecule has 0 saturated heterocycles. The van der Waals surface area contributed by atoms with Crippen molar-refractivity contribution in [1.29, 1.82) is 0 Å². The summed E-state index contributed by atoms with van der Waals surface area (Å²) in [6.07, 6.45) is 0.777. The molecule has 0 aromatic heterocycles. The Morgan fingerprint density at radius 3 is 2.39 bits per heavy atom. The fourth-order valence-electron chi connectivity index (χ4n) is 1.67. The predicted molar refractivity (Wildman–Crippen MR) is 72.4 cm³/mol. The Labute approximate surface area is 108 Å². The summed E-state index contributed by atoms with van der Waals surface area (Å²) in [7, 11) is 0. The molecule has 0 fully saturated rings. The average Bonchev–Trinajstić information content (AvgIpc) is 2.38. The van der Waals surface area contributed by atoms with E-state index in [4.69, 9.17) is 0 Å². The molecule has 4 heteroatoms. The summed E-state index contributed by atoms with van der Waals surface area (Å²) < 4.78 is 0. The predicted octanol–water partition coefficient (Wildman–Crippen LogP) is 1.96. The molecule has 0 saturated carbocycles. The number of carbonyl (C=O) groups is 2. The molecule has 0 atom stereocenters. The van der Waals surface area contributed by atoms with E-state index in [0.717, 1.165) is 12.1 Å². The maximum Gasteiger partial charge on any atom is 0.236 e. The number of hydrogen-bond acceptors (Lipinski definition) is 2. The number of anilines is 1. The molecule has 1 rings (SSSR count). The molecule has 4 nitrogen and oxygen atoms in total. The van der Waals surface area contributed by atoms with Crippen LogP contribution in [0.2, 0.25) is 0 Å². The van der Waals surface area contributed by atoms with Gasteiger partial charge < -0.3 is 10.2 Å². The zero-order chi connectivity index (χ0) is 13.4. The van der Waals surface area contributed by atoms with E-state index in [-0.39, 0.29) is 18.2 Å². The van der Waals surface area contributed by atoms with Crippen LogP contribution >= 0.6 is 0 Å². The second kappa shape index (κ2) is 7.48. The van der Waals surface area contributed by atoms with Gasteiger partial charge in [0, 0.05) is 18.8 Å². The van der Waals surface area contributed by atoms with Gasteiger partial charge in [0.25, 0.3) is 0 Å². The SMILES string of the molecule is CCCNC(=O)CC(=O)N(CC)c1ccccc1. The number of rotatable bonds is 6. The Morgan fingerprint density at radius 1 is 1.17 bits per heavy atom. The van der Waals surface area contributed by atoms with E-state index in [0.29, 0.717) is 13.1 Å². The Kier molecular flexibility index (Phi) is 5.91. The van der Waals surface area contributed by atoms with Gasteiger partial charge in [-0.15, -0.1) is 0 Å². The van der Waals surface area contributed by atoms with Crippen LogP contribution in [0.25, 0.3) is 0 Å². The molecular formula is C14H20N2O2. The first kappa shape index (κ1) is 14.2. The Balaban J connectivity index is 2.61. The highest BCUT2D eigenvalue weighted by atomic mass is 16.2. The molecule has 18 heavy (non-hydrogen) atoms. The van der Waals surface area contributed by atoms with Gasteiger partial charge in [0.1, 0.15) is 6.42 Å². The van der Waals surface area contributed by atoms with Crippen LogP contribution < -0.4 is 10.2 Å². The minimum atomic E-state index is -0.212. The van der Waals surface area contributed by atoms with Gasteiger partial charge in [-0.1, -0.05) is 25.1 Å². The molecule has 0 aliphatic carbocycles. The standard InChI is InChI=1S/C14H20N2O2/c1-3-10-15-13(17)11-14(18)16(4-2)12-8-6-5-7-9-12/h5-9H,3-4,10-11H2,1-2H3,(H,15,17). The number of benzene rings is 1. The quantitative estimate of drug-likeness (QED) is 0.782. The van der Waals surface area contributed by atoms with Crippen molar-refractivity contribution < 1.29 is 9.59 Å². The van der Waals surface area contributed by atoms with Crippen LogP contribution in [0.1, 0.15) is 26.7 Å². The molecule has 0 radical (unpaired) electrons. The van der Waals surface area contributed by atoms with Crippen LogP contribution in [-0.2, 0) is 9.59 Å². The third kappa shape index (κ3) is 4.20. The van der Waals surface area contributed by atoms with Crippen LogP contribution in [0.15, 0.2) is 30.3 Å². The first-order chi connectivity index (χ1) is 8.69. The van der Waals surface area contributed by atoms with E-state index >= 15 is 0 Å². The van der Waals surface area contributed by atoms with Crippen molar-refractivity contribution in [1.82, 2.24) is 5.32 Å². The summed E-state index contributed by atoms with van der Waals surface area (Å²) in [4.78, 5) is 25.1. The third-order valence-electron chi connectivity index (χ3n) is 2.57. The summed E-state index contributed by atoms with van der Waals surface area (Å²) in [5, 5.41) is 2.71. The van der Waals surface area contributed by atoms with E-state index in [9.17, 15) is 9.59 Å². The molecule has 0 heterocycles. The van der Waals surface area contributed by atoms with Gasteiger partial charge in [-0.2, -0.15) is 0 Å². The molecule has 2 amide bonds. The monoisotopic (exact) mass is 248 g/mol. The summed E-state index contributed by atoms with van der Waals surface area (Å²) >= 11 is 0. The van der Waals surface area contributed by atoms with Crippen molar-refractivity contribution in [3.05, 3.63) is 30.3 Å². The first-order valence-corrected chi connectivity index (χ1v) is 6.31. The van der Waals surface area contributed by atoms with E-state index in [1.54, 1.807) is 4.90 Å². The second-order valence-corrected chi connectivity index (χ2v) is 4.00. The summed E-state index contributed by atoms with van der Waals surface area (Å²) in [6.45, 7) is 5.05. The lowest BCUT2D eigenvalue weighted by molar-refractivity contribution is -0.127. The molecule has 0 aliphatic rings. The summed E-state index contributed by atoms with van der Waals surface area (Å²) in [6, 6.07) is 9.39. The highest BCUT2D eigenvalue weighted by molar-refractivity contribution is 6.04. The molecule has 98 valence electrons. The van der Waals surface area contributed by atoms with Crippen molar-refractivity contribution in [2.75, 3.05) is 18.0 Å². The number of carbonyl (C=O) groups excluding carboxylic acids is 2. The fourth-order valence-corrected chi connectivity index (χ4v) is 1.67. The summed E-state index contributed by atoms with van der Waals surface area (Å²) in [5.74, 6) is -0.381. The minimum absolute atomic E-state index is 0.0945. The average molecular weight is 248 g/mol. The van der Waals surface area contributed by atoms with E-state index in [2.05, 4.69) is 5.32 Å². The van der Waals surface area contributed by atoms with Gasteiger partial charge in [-0.3, -0.25) is 9.59 Å². The lowest BCUT2D eigenvalue weighted by Crippen LogP contribution is -2.35. The zero-order valence-corrected chi connectivity index (χ0v) is 11.0. The van der Waals surface area contributed by atoms with Crippen molar-refractivity contribution in [3.8, 4) is 0 Å². The third-order valence-corrected chi connectivity index (χ3v) is 2.57. The Bertz CT molecular complexity index is 390. The molecule has 1 aromatic carbocycles. The Morgan fingerprint density at radius 2 is 1.83 bits per heavy atom. The van der Waals surface area contributed by atoms with Gasteiger partial charge in [0.15, 0.2) is 0 Å². The lowest BCUT2D eigenvalue weighted by Gasteiger charge is -2.20. The van der Waals surface area contributed by atoms with Crippen LogP contribution in [0.3, 0.4) is 0 Å². The molecule has 0 aliphatic heterocycles. The molecular weight excluding hydrogens is 228 g/mol. The van der Waals surface area contributed by atoms with Crippen LogP contribution in [0.5, 0.6) is 0 Å². The maximum absolute atomic E-state index is 12.0. The lowest BCUT2D eigenvalue weighted by atomic mass is 10.2. The molecule has 1 N–H and O–H groups in total. The van der Waals surface area contributed by atoms with Gasteiger partial charge >= 0.3 is 0 Å². The first-order valence-electron chi connectivity index (χ1n) is 6.31. The van der Waals surface area contributed by atoms with Gasteiger partial charge in [-0.25, -0.2) is 0 Å².